The van der Waals surface area contributed by atoms with Gasteiger partial charge < -0.3 is 10.2 Å². The molecule has 0 saturated carbocycles. The lowest BCUT2D eigenvalue weighted by atomic mass is 9.73. The summed E-state index contributed by atoms with van der Waals surface area (Å²) < 4.78 is 0. The lowest BCUT2D eigenvalue weighted by Gasteiger charge is -2.27. The maximum absolute atomic E-state index is 12.7. The zero-order valence-electron chi connectivity index (χ0n) is 13.9. The first-order valence-corrected chi connectivity index (χ1v) is 8.62. The number of carbonyl (C=O) groups is 1. The van der Waals surface area contributed by atoms with Crippen LogP contribution in [0.15, 0.2) is 42.7 Å². The molecule has 124 valence electrons. The van der Waals surface area contributed by atoms with Crippen molar-refractivity contribution in [2.75, 3.05) is 24.5 Å². The summed E-state index contributed by atoms with van der Waals surface area (Å²) in [5.74, 6) is 1.07. The molecule has 5 heteroatoms. The molecule has 0 bridgehead atoms. The Morgan fingerprint density at radius 1 is 1.25 bits per heavy atom. The number of carbonyl (C=O) groups excluding carboxylic acids is 1. The number of aryl methyl sites for hydroxylation is 1. The molecule has 1 N–H and O–H groups in total. The second-order valence-corrected chi connectivity index (χ2v) is 6.75. The highest BCUT2D eigenvalue weighted by molar-refractivity contribution is 5.87. The van der Waals surface area contributed by atoms with Gasteiger partial charge in [-0.05, 0) is 24.0 Å². The Balaban J connectivity index is 1.69. The van der Waals surface area contributed by atoms with Gasteiger partial charge in [0.05, 0.1) is 5.41 Å². The van der Waals surface area contributed by atoms with Crippen molar-refractivity contribution >= 4 is 11.9 Å². The molecule has 1 aromatic carbocycles. The van der Waals surface area contributed by atoms with E-state index in [0.717, 1.165) is 37.4 Å². The third kappa shape index (κ3) is 2.35. The van der Waals surface area contributed by atoms with E-state index in [2.05, 4.69) is 39.2 Å². The third-order valence-electron chi connectivity index (χ3n) is 5.44. The SMILES string of the molecule is CCc1cnc(N2C[C@H](c3ccccc3)[C@]3(CCNC3=O)C2)nc1. The lowest BCUT2D eigenvalue weighted by molar-refractivity contribution is -0.127. The number of hydrogen-bond acceptors (Lipinski definition) is 4. The number of nitrogens with zero attached hydrogens (tertiary/aromatic N) is 3. The van der Waals surface area contributed by atoms with Crippen LogP contribution in [-0.2, 0) is 11.2 Å². The monoisotopic (exact) mass is 322 g/mol. The van der Waals surface area contributed by atoms with Crippen LogP contribution in [0.25, 0.3) is 0 Å². The fraction of sp³-hybridized carbons (Fsp3) is 0.421. The van der Waals surface area contributed by atoms with Gasteiger partial charge in [-0.1, -0.05) is 37.3 Å². The van der Waals surface area contributed by atoms with Crippen LogP contribution in [0.2, 0.25) is 0 Å². The minimum Gasteiger partial charge on any atom is -0.356 e. The zero-order valence-corrected chi connectivity index (χ0v) is 13.9. The molecule has 2 fully saturated rings. The molecule has 0 aliphatic carbocycles. The lowest BCUT2D eigenvalue weighted by Crippen LogP contribution is -2.37. The molecule has 4 rings (SSSR count). The Morgan fingerprint density at radius 2 is 2.00 bits per heavy atom. The van der Waals surface area contributed by atoms with Crippen molar-refractivity contribution in [1.82, 2.24) is 15.3 Å². The van der Waals surface area contributed by atoms with Crippen molar-refractivity contribution in [3.63, 3.8) is 0 Å². The number of nitrogens with one attached hydrogen (secondary N) is 1. The van der Waals surface area contributed by atoms with Gasteiger partial charge >= 0.3 is 0 Å². The highest BCUT2D eigenvalue weighted by Crippen LogP contribution is 2.48. The molecular weight excluding hydrogens is 300 g/mol. The molecule has 2 saturated heterocycles. The average Bonchev–Trinajstić information content (AvgIpc) is 3.20. The number of hydrogen-bond donors (Lipinski definition) is 1. The Labute approximate surface area is 142 Å². The summed E-state index contributed by atoms with van der Waals surface area (Å²) in [6, 6.07) is 10.4. The van der Waals surface area contributed by atoms with E-state index in [0.29, 0.717) is 6.54 Å². The van der Waals surface area contributed by atoms with Crippen LogP contribution in [-0.4, -0.2) is 35.5 Å². The summed E-state index contributed by atoms with van der Waals surface area (Å²) in [5.41, 5.74) is 1.99. The molecule has 3 heterocycles. The molecule has 2 aromatic rings. The minimum atomic E-state index is -0.367. The minimum absolute atomic E-state index is 0.170. The molecule has 0 unspecified atom stereocenters. The maximum atomic E-state index is 12.7. The average molecular weight is 322 g/mol. The van der Waals surface area contributed by atoms with Crippen LogP contribution in [0, 0.1) is 5.41 Å². The molecule has 1 aromatic heterocycles. The molecule has 1 spiro atoms. The van der Waals surface area contributed by atoms with E-state index in [1.807, 2.05) is 30.6 Å². The predicted molar refractivity (Wildman–Crippen MR) is 92.9 cm³/mol. The van der Waals surface area contributed by atoms with E-state index in [-0.39, 0.29) is 17.2 Å². The fourth-order valence-corrected chi connectivity index (χ4v) is 4.04. The van der Waals surface area contributed by atoms with Gasteiger partial charge in [0.25, 0.3) is 0 Å². The summed E-state index contributed by atoms with van der Waals surface area (Å²) in [6.45, 7) is 4.32. The Bertz CT molecular complexity index is 731. The normalized spacial score (nSPS) is 26.1. The maximum Gasteiger partial charge on any atom is 0.228 e. The van der Waals surface area contributed by atoms with Crippen LogP contribution in [0.4, 0.5) is 5.95 Å². The van der Waals surface area contributed by atoms with E-state index in [1.54, 1.807) is 0 Å². The molecule has 2 aliphatic heterocycles. The van der Waals surface area contributed by atoms with Gasteiger partial charge in [0.2, 0.25) is 11.9 Å². The van der Waals surface area contributed by atoms with Crippen molar-refractivity contribution in [1.29, 1.82) is 0 Å². The molecule has 0 radical (unpaired) electrons. The molecule has 1 amide bonds. The summed E-state index contributed by atoms with van der Waals surface area (Å²) in [7, 11) is 0. The van der Waals surface area contributed by atoms with Gasteiger partial charge in [-0.2, -0.15) is 0 Å². The smallest absolute Gasteiger partial charge is 0.228 e. The molecule has 24 heavy (non-hydrogen) atoms. The molecule has 5 nitrogen and oxygen atoms in total. The van der Waals surface area contributed by atoms with Crippen molar-refractivity contribution in [3.05, 3.63) is 53.9 Å². The second kappa shape index (κ2) is 5.89. The van der Waals surface area contributed by atoms with Crippen LogP contribution >= 0.6 is 0 Å². The van der Waals surface area contributed by atoms with E-state index in [9.17, 15) is 4.79 Å². The Hall–Kier alpha value is -2.43. The van der Waals surface area contributed by atoms with Crippen molar-refractivity contribution in [2.45, 2.75) is 25.7 Å². The standard InChI is InChI=1S/C19H22N4O/c1-2-14-10-21-18(22-11-14)23-12-16(15-6-4-3-5-7-15)19(13-23)8-9-20-17(19)24/h3-7,10-11,16H,2,8-9,12-13H2,1H3,(H,20,24)/t16-,19+/m1/s1. The fourth-order valence-electron chi connectivity index (χ4n) is 4.04. The molecule has 2 atom stereocenters. The summed E-state index contributed by atoms with van der Waals surface area (Å²) in [5, 5.41) is 3.04. The van der Waals surface area contributed by atoms with Gasteiger partial charge in [-0.3, -0.25) is 4.79 Å². The van der Waals surface area contributed by atoms with Crippen LogP contribution in [0.3, 0.4) is 0 Å². The van der Waals surface area contributed by atoms with Crippen LogP contribution in [0.1, 0.15) is 30.4 Å². The number of anilines is 1. The highest BCUT2D eigenvalue weighted by Gasteiger charge is 2.55. The largest absolute Gasteiger partial charge is 0.356 e. The van der Waals surface area contributed by atoms with E-state index in [4.69, 9.17) is 0 Å². The van der Waals surface area contributed by atoms with Gasteiger partial charge in [0, 0.05) is 37.9 Å². The van der Waals surface area contributed by atoms with E-state index in [1.165, 1.54) is 5.56 Å². The Morgan fingerprint density at radius 3 is 2.62 bits per heavy atom. The zero-order chi connectivity index (χ0) is 16.6. The summed E-state index contributed by atoms with van der Waals surface area (Å²) in [4.78, 5) is 23.9. The molecular formula is C19H22N4O. The van der Waals surface area contributed by atoms with Crippen molar-refractivity contribution in [3.8, 4) is 0 Å². The second-order valence-electron chi connectivity index (χ2n) is 6.75. The summed E-state index contributed by atoms with van der Waals surface area (Å²) >= 11 is 0. The van der Waals surface area contributed by atoms with E-state index >= 15 is 0 Å². The first-order chi connectivity index (χ1) is 11.7. The first kappa shape index (κ1) is 15.1. The molecule has 2 aliphatic rings. The van der Waals surface area contributed by atoms with Gasteiger partial charge in [-0.15, -0.1) is 0 Å². The highest BCUT2D eigenvalue weighted by atomic mass is 16.2. The number of benzene rings is 1. The van der Waals surface area contributed by atoms with Crippen LogP contribution in [0.5, 0.6) is 0 Å². The quantitative estimate of drug-likeness (QED) is 0.941. The van der Waals surface area contributed by atoms with Gasteiger partial charge in [0.1, 0.15) is 0 Å². The van der Waals surface area contributed by atoms with Gasteiger partial charge in [-0.25, -0.2) is 9.97 Å². The van der Waals surface area contributed by atoms with Crippen molar-refractivity contribution in [2.24, 2.45) is 5.41 Å². The Kier molecular flexibility index (Phi) is 3.71. The topological polar surface area (TPSA) is 58.1 Å². The first-order valence-electron chi connectivity index (χ1n) is 8.62. The third-order valence-corrected chi connectivity index (χ3v) is 5.44. The number of rotatable bonds is 3. The number of aromatic nitrogens is 2. The van der Waals surface area contributed by atoms with E-state index < -0.39 is 0 Å². The summed E-state index contributed by atoms with van der Waals surface area (Å²) in [6.07, 6.45) is 5.58. The van der Waals surface area contributed by atoms with Gasteiger partial charge in [0.15, 0.2) is 0 Å². The number of amides is 1. The van der Waals surface area contributed by atoms with Crippen molar-refractivity contribution < 1.29 is 4.79 Å². The van der Waals surface area contributed by atoms with Crippen LogP contribution < -0.4 is 10.2 Å². The predicted octanol–water partition coefficient (Wildman–Crippen LogP) is 2.15.